The average molecular weight is 313 g/mol. The Morgan fingerprint density at radius 3 is 2.65 bits per heavy atom. The molecular weight excluding hydrogens is 295 g/mol. The van der Waals surface area contributed by atoms with Crippen molar-refractivity contribution in [3.05, 3.63) is 33.3 Å². The average Bonchev–Trinajstić information content (AvgIpc) is 2.87. The highest BCUT2D eigenvalue weighted by molar-refractivity contribution is 6.36. The van der Waals surface area contributed by atoms with Gasteiger partial charge in [-0.05, 0) is 49.9 Å². The third-order valence-electron chi connectivity index (χ3n) is 4.41. The first-order chi connectivity index (χ1) is 9.56. The molecule has 108 valence electrons. The molecule has 0 aliphatic carbocycles. The Kier molecular flexibility index (Phi) is 3.93. The van der Waals surface area contributed by atoms with Crippen LogP contribution >= 0.6 is 23.2 Å². The van der Waals surface area contributed by atoms with Gasteiger partial charge in [0.2, 0.25) is 0 Å². The lowest BCUT2D eigenvalue weighted by molar-refractivity contribution is 0.0785. The molecule has 2 saturated heterocycles. The molecule has 1 N–H and O–H groups in total. The zero-order chi connectivity index (χ0) is 14.3. The third-order valence-corrected chi connectivity index (χ3v) is 5.20. The topological polar surface area (TPSA) is 32.3 Å². The van der Waals surface area contributed by atoms with E-state index >= 15 is 0 Å². The fourth-order valence-electron chi connectivity index (χ4n) is 3.16. The Bertz CT molecular complexity index is 510. The Balaban J connectivity index is 1.79. The quantitative estimate of drug-likeness (QED) is 0.864. The molecule has 0 radical (unpaired) electrons. The van der Waals surface area contributed by atoms with Gasteiger partial charge in [0, 0.05) is 34.7 Å². The summed E-state index contributed by atoms with van der Waals surface area (Å²) in [5.74, 6) is 0.620. The second kappa shape index (κ2) is 5.55. The molecule has 5 heteroatoms. The molecule has 2 heterocycles. The number of amides is 1. The van der Waals surface area contributed by atoms with Crippen molar-refractivity contribution in [2.45, 2.75) is 25.8 Å². The van der Waals surface area contributed by atoms with Gasteiger partial charge < -0.3 is 10.2 Å². The molecule has 2 aliphatic heterocycles. The highest BCUT2D eigenvalue weighted by Crippen LogP contribution is 2.29. The van der Waals surface area contributed by atoms with Crippen molar-refractivity contribution >= 4 is 29.1 Å². The van der Waals surface area contributed by atoms with Crippen LogP contribution in [-0.2, 0) is 0 Å². The van der Waals surface area contributed by atoms with Gasteiger partial charge in [-0.1, -0.05) is 23.2 Å². The van der Waals surface area contributed by atoms with Crippen LogP contribution in [0.15, 0.2) is 12.1 Å². The maximum atomic E-state index is 12.6. The molecule has 0 bridgehead atoms. The van der Waals surface area contributed by atoms with Crippen LogP contribution in [0.5, 0.6) is 0 Å². The number of halogens is 2. The van der Waals surface area contributed by atoms with Crippen LogP contribution in [0.2, 0.25) is 10.0 Å². The van der Waals surface area contributed by atoms with E-state index in [4.69, 9.17) is 23.2 Å². The predicted octanol–water partition coefficient (Wildman–Crippen LogP) is 3.13. The van der Waals surface area contributed by atoms with Crippen molar-refractivity contribution in [1.29, 1.82) is 0 Å². The number of hydrogen-bond acceptors (Lipinski definition) is 2. The van der Waals surface area contributed by atoms with Crippen LogP contribution in [0.4, 0.5) is 0 Å². The van der Waals surface area contributed by atoms with Crippen molar-refractivity contribution < 1.29 is 4.79 Å². The number of rotatable bonds is 1. The van der Waals surface area contributed by atoms with Crippen molar-refractivity contribution in [3.63, 3.8) is 0 Å². The first-order valence-corrected chi connectivity index (χ1v) is 7.80. The number of carbonyl (C=O) groups excluding carboxylic acids is 1. The maximum Gasteiger partial charge on any atom is 0.254 e. The second-order valence-corrected chi connectivity index (χ2v) is 6.55. The minimum Gasteiger partial charge on any atom is -0.337 e. The fraction of sp³-hybridized carbons (Fsp3) is 0.533. The molecule has 1 amide bonds. The minimum atomic E-state index is 0.0324. The van der Waals surface area contributed by atoms with E-state index in [-0.39, 0.29) is 5.91 Å². The normalized spacial score (nSPS) is 25.6. The Hall–Kier alpha value is -0.770. The number of carbonyl (C=O) groups is 1. The summed E-state index contributed by atoms with van der Waals surface area (Å²) >= 11 is 12.2. The number of hydrogen-bond donors (Lipinski definition) is 1. The SMILES string of the molecule is Cc1c(Cl)cc(C(=O)N2C[C@@H]3CCCN[C@@H]3C2)cc1Cl. The minimum absolute atomic E-state index is 0.0324. The van der Waals surface area contributed by atoms with Crippen LogP contribution < -0.4 is 5.32 Å². The van der Waals surface area contributed by atoms with Crippen LogP contribution in [0, 0.1) is 12.8 Å². The Morgan fingerprint density at radius 2 is 2.00 bits per heavy atom. The van der Waals surface area contributed by atoms with Crippen molar-refractivity contribution in [2.75, 3.05) is 19.6 Å². The molecule has 2 fully saturated rings. The van der Waals surface area contributed by atoms with Gasteiger partial charge >= 0.3 is 0 Å². The lowest BCUT2D eigenvalue weighted by Gasteiger charge is -2.24. The van der Waals surface area contributed by atoms with E-state index in [1.54, 1.807) is 12.1 Å². The number of piperidine rings is 1. The largest absolute Gasteiger partial charge is 0.337 e. The van der Waals surface area contributed by atoms with Gasteiger partial charge in [-0.3, -0.25) is 4.79 Å². The van der Waals surface area contributed by atoms with Gasteiger partial charge in [0.05, 0.1) is 0 Å². The third kappa shape index (κ3) is 2.54. The Morgan fingerprint density at radius 1 is 1.30 bits per heavy atom. The summed E-state index contributed by atoms with van der Waals surface area (Å²) in [5.41, 5.74) is 1.41. The van der Waals surface area contributed by atoms with Crippen molar-refractivity contribution in [1.82, 2.24) is 10.2 Å². The zero-order valence-corrected chi connectivity index (χ0v) is 13.0. The monoisotopic (exact) mass is 312 g/mol. The van der Waals surface area contributed by atoms with E-state index in [2.05, 4.69) is 5.32 Å². The van der Waals surface area contributed by atoms with Crippen LogP contribution in [0.25, 0.3) is 0 Å². The molecule has 1 aromatic carbocycles. The van der Waals surface area contributed by atoms with Gasteiger partial charge in [0.1, 0.15) is 0 Å². The van der Waals surface area contributed by atoms with E-state index < -0.39 is 0 Å². The van der Waals surface area contributed by atoms with Crippen molar-refractivity contribution in [3.8, 4) is 0 Å². The standard InChI is InChI=1S/C15H18Cl2N2O/c1-9-12(16)5-11(6-13(9)17)15(20)19-7-10-3-2-4-18-14(10)8-19/h5-6,10,14,18H,2-4,7-8H2,1H3/t10-,14+/m0/s1. The number of fused-ring (bicyclic) bond motifs is 1. The summed E-state index contributed by atoms with van der Waals surface area (Å²) in [4.78, 5) is 14.5. The van der Waals surface area contributed by atoms with Crippen LogP contribution in [0.1, 0.15) is 28.8 Å². The predicted molar refractivity (Wildman–Crippen MR) is 81.6 cm³/mol. The van der Waals surface area contributed by atoms with Gasteiger partial charge in [0.25, 0.3) is 5.91 Å². The second-order valence-electron chi connectivity index (χ2n) is 5.74. The number of nitrogens with zero attached hydrogens (tertiary/aromatic N) is 1. The summed E-state index contributed by atoms with van der Waals surface area (Å²) in [7, 11) is 0. The number of nitrogens with one attached hydrogen (secondary N) is 1. The molecule has 0 aromatic heterocycles. The fourth-order valence-corrected chi connectivity index (χ4v) is 3.65. The van der Waals surface area contributed by atoms with E-state index in [0.717, 1.165) is 25.2 Å². The molecule has 0 saturated carbocycles. The van der Waals surface area contributed by atoms with Crippen LogP contribution in [-0.4, -0.2) is 36.5 Å². The molecule has 20 heavy (non-hydrogen) atoms. The molecular formula is C15H18Cl2N2O. The molecule has 0 unspecified atom stereocenters. The van der Waals surface area contributed by atoms with Gasteiger partial charge in [0.15, 0.2) is 0 Å². The van der Waals surface area contributed by atoms with E-state index in [9.17, 15) is 4.79 Å². The lowest BCUT2D eigenvalue weighted by atomic mass is 9.94. The molecule has 3 rings (SSSR count). The molecule has 3 nitrogen and oxygen atoms in total. The summed E-state index contributed by atoms with van der Waals surface area (Å²) in [6.07, 6.45) is 2.41. The smallest absolute Gasteiger partial charge is 0.254 e. The molecule has 1 aromatic rings. The van der Waals surface area contributed by atoms with Gasteiger partial charge in [-0.25, -0.2) is 0 Å². The Labute approximate surface area is 129 Å². The highest BCUT2D eigenvalue weighted by Gasteiger charge is 2.36. The summed E-state index contributed by atoms with van der Waals surface area (Å²) in [6.45, 7) is 4.53. The van der Waals surface area contributed by atoms with E-state index in [1.807, 2.05) is 11.8 Å². The van der Waals surface area contributed by atoms with E-state index in [0.29, 0.717) is 27.6 Å². The van der Waals surface area contributed by atoms with E-state index in [1.165, 1.54) is 12.8 Å². The van der Waals surface area contributed by atoms with Crippen molar-refractivity contribution in [2.24, 2.45) is 5.92 Å². The maximum absolute atomic E-state index is 12.6. The van der Waals surface area contributed by atoms with Gasteiger partial charge in [-0.2, -0.15) is 0 Å². The summed E-state index contributed by atoms with van der Waals surface area (Å²) in [6, 6.07) is 3.89. The number of likely N-dealkylation sites (tertiary alicyclic amines) is 1. The zero-order valence-electron chi connectivity index (χ0n) is 11.5. The first kappa shape index (κ1) is 14.2. The van der Waals surface area contributed by atoms with Gasteiger partial charge in [-0.15, -0.1) is 0 Å². The number of benzene rings is 1. The highest BCUT2D eigenvalue weighted by atomic mass is 35.5. The van der Waals surface area contributed by atoms with Crippen LogP contribution in [0.3, 0.4) is 0 Å². The molecule has 2 atom stereocenters. The summed E-state index contributed by atoms with van der Waals surface area (Å²) < 4.78 is 0. The molecule has 2 aliphatic rings. The summed E-state index contributed by atoms with van der Waals surface area (Å²) in [5, 5.41) is 4.61. The first-order valence-electron chi connectivity index (χ1n) is 7.04. The molecule has 0 spiro atoms. The lowest BCUT2D eigenvalue weighted by Crippen LogP contribution is -2.41.